The van der Waals surface area contributed by atoms with Gasteiger partial charge in [0.25, 0.3) is 0 Å². The van der Waals surface area contributed by atoms with E-state index >= 15 is 0 Å². The predicted molar refractivity (Wildman–Crippen MR) is 89.0 cm³/mol. The maximum Gasteiger partial charge on any atom is 0.133 e. The average Bonchev–Trinajstić information content (AvgIpc) is 2.50. The smallest absolute Gasteiger partial charge is 0.133 e. The van der Waals surface area contributed by atoms with Crippen LogP contribution in [0.3, 0.4) is 0 Å². The molecule has 4 heteroatoms. The van der Waals surface area contributed by atoms with Crippen molar-refractivity contribution in [1.29, 1.82) is 0 Å². The molecule has 2 N–H and O–H groups in total. The summed E-state index contributed by atoms with van der Waals surface area (Å²) in [6.45, 7) is 5.19. The van der Waals surface area contributed by atoms with Crippen LogP contribution in [0.15, 0.2) is 46.9 Å². The molecule has 0 bridgehead atoms. The van der Waals surface area contributed by atoms with E-state index in [0.29, 0.717) is 13.2 Å². The molecule has 0 aliphatic rings. The minimum Gasteiger partial charge on any atom is -0.494 e. The molecule has 2 aromatic carbocycles. The molecule has 0 saturated carbocycles. The molecule has 21 heavy (non-hydrogen) atoms. The van der Waals surface area contributed by atoms with Crippen molar-refractivity contribution in [3.05, 3.63) is 58.1 Å². The van der Waals surface area contributed by atoms with Crippen LogP contribution in [0.4, 0.5) is 0 Å². The van der Waals surface area contributed by atoms with E-state index < -0.39 is 0 Å². The minimum absolute atomic E-state index is 0.236. The Hall–Kier alpha value is -1.52. The number of hydrogen-bond donors (Lipinski definition) is 1. The Labute approximate surface area is 134 Å². The fourth-order valence-electron chi connectivity index (χ4n) is 2.19. The van der Waals surface area contributed by atoms with Crippen LogP contribution in [0.1, 0.15) is 31.0 Å². The molecule has 0 spiro atoms. The summed E-state index contributed by atoms with van der Waals surface area (Å²) in [6.07, 6.45) is 0. The first-order valence-corrected chi connectivity index (χ1v) is 7.86. The van der Waals surface area contributed by atoms with E-state index in [4.69, 9.17) is 15.2 Å². The van der Waals surface area contributed by atoms with E-state index in [0.717, 1.165) is 27.1 Å². The summed E-state index contributed by atoms with van der Waals surface area (Å²) in [4.78, 5) is 0. The number of halogens is 1. The molecule has 0 radical (unpaired) electrons. The summed E-state index contributed by atoms with van der Waals surface area (Å²) in [7, 11) is 0. The maximum atomic E-state index is 6.40. The maximum absolute atomic E-state index is 6.40. The van der Waals surface area contributed by atoms with E-state index in [9.17, 15) is 0 Å². The molecular weight excluding hydrogens is 330 g/mol. The third-order valence-electron chi connectivity index (χ3n) is 3.17. The topological polar surface area (TPSA) is 44.5 Å². The van der Waals surface area contributed by atoms with Gasteiger partial charge in [-0.25, -0.2) is 0 Å². The van der Waals surface area contributed by atoms with E-state index in [1.165, 1.54) is 0 Å². The average molecular weight is 350 g/mol. The molecule has 0 fully saturated rings. The van der Waals surface area contributed by atoms with Crippen LogP contribution in [0.25, 0.3) is 0 Å². The van der Waals surface area contributed by atoms with Crippen LogP contribution in [0.2, 0.25) is 0 Å². The lowest BCUT2D eigenvalue weighted by Gasteiger charge is -2.18. The summed E-state index contributed by atoms with van der Waals surface area (Å²) in [6, 6.07) is 13.6. The number of hydrogen-bond acceptors (Lipinski definition) is 3. The van der Waals surface area contributed by atoms with Crippen molar-refractivity contribution in [2.24, 2.45) is 5.73 Å². The molecule has 112 valence electrons. The van der Waals surface area contributed by atoms with Crippen molar-refractivity contribution >= 4 is 15.9 Å². The highest BCUT2D eigenvalue weighted by atomic mass is 79.9. The fourth-order valence-corrected chi connectivity index (χ4v) is 2.70. The Morgan fingerprint density at radius 1 is 1.00 bits per heavy atom. The highest BCUT2D eigenvalue weighted by molar-refractivity contribution is 9.10. The minimum atomic E-state index is -0.236. The highest BCUT2D eigenvalue weighted by Crippen LogP contribution is 2.32. The number of para-hydroxylation sites is 1. The molecular formula is C17H20BrNO2. The van der Waals surface area contributed by atoms with Crippen molar-refractivity contribution in [3.8, 4) is 11.5 Å². The first-order chi connectivity index (χ1) is 10.2. The van der Waals surface area contributed by atoms with Gasteiger partial charge in [-0.2, -0.15) is 0 Å². The van der Waals surface area contributed by atoms with Gasteiger partial charge in [0.1, 0.15) is 11.5 Å². The lowest BCUT2D eigenvalue weighted by Crippen LogP contribution is -2.13. The standard InChI is InChI=1S/C17H20BrNO2/c1-3-20-15-8-6-5-7-13(15)17(19)12-9-10-16(21-4-2)14(18)11-12/h5-11,17H,3-4,19H2,1-2H3. The molecule has 2 rings (SSSR count). The lowest BCUT2D eigenvalue weighted by atomic mass is 9.98. The van der Waals surface area contributed by atoms with Gasteiger partial charge in [-0.05, 0) is 53.5 Å². The third kappa shape index (κ3) is 3.77. The Morgan fingerprint density at radius 2 is 1.67 bits per heavy atom. The van der Waals surface area contributed by atoms with E-state index in [-0.39, 0.29) is 6.04 Å². The van der Waals surface area contributed by atoms with E-state index in [1.54, 1.807) is 0 Å². The predicted octanol–water partition coefficient (Wildman–Crippen LogP) is 4.29. The van der Waals surface area contributed by atoms with Gasteiger partial charge in [-0.15, -0.1) is 0 Å². The van der Waals surface area contributed by atoms with Crippen LogP contribution in [-0.2, 0) is 0 Å². The van der Waals surface area contributed by atoms with Crippen LogP contribution >= 0.6 is 15.9 Å². The first-order valence-electron chi connectivity index (χ1n) is 7.06. The summed E-state index contributed by atoms with van der Waals surface area (Å²) in [5.41, 5.74) is 8.39. The van der Waals surface area contributed by atoms with Gasteiger partial charge in [-0.3, -0.25) is 0 Å². The van der Waals surface area contributed by atoms with Crippen LogP contribution in [0, 0.1) is 0 Å². The highest BCUT2D eigenvalue weighted by Gasteiger charge is 2.15. The first kappa shape index (κ1) is 15.9. The molecule has 1 atom stereocenters. The quantitative estimate of drug-likeness (QED) is 0.845. The van der Waals surface area contributed by atoms with Gasteiger partial charge < -0.3 is 15.2 Å². The molecule has 0 aliphatic heterocycles. The number of nitrogens with two attached hydrogens (primary N) is 1. The summed E-state index contributed by atoms with van der Waals surface area (Å²) in [5, 5.41) is 0. The van der Waals surface area contributed by atoms with Gasteiger partial charge in [0, 0.05) is 5.56 Å². The Morgan fingerprint density at radius 3 is 2.33 bits per heavy atom. The van der Waals surface area contributed by atoms with Crippen molar-refractivity contribution in [1.82, 2.24) is 0 Å². The molecule has 1 unspecified atom stereocenters. The Balaban J connectivity index is 2.31. The zero-order valence-corrected chi connectivity index (χ0v) is 13.9. The van der Waals surface area contributed by atoms with Crippen LogP contribution in [0.5, 0.6) is 11.5 Å². The van der Waals surface area contributed by atoms with E-state index in [2.05, 4.69) is 15.9 Å². The normalized spacial score (nSPS) is 12.0. The molecule has 2 aromatic rings. The zero-order chi connectivity index (χ0) is 15.2. The fraction of sp³-hybridized carbons (Fsp3) is 0.294. The van der Waals surface area contributed by atoms with Crippen molar-refractivity contribution < 1.29 is 9.47 Å². The Bertz CT molecular complexity index is 601. The van der Waals surface area contributed by atoms with Crippen molar-refractivity contribution in [2.75, 3.05) is 13.2 Å². The second kappa shape index (κ2) is 7.48. The van der Waals surface area contributed by atoms with Gasteiger partial charge in [0.05, 0.1) is 23.7 Å². The van der Waals surface area contributed by atoms with Gasteiger partial charge >= 0.3 is 0 Å². The van der Waals surface area contributed by atoms with Crippen molar-refractivity contribution in [3.63, 3.8) is 0 Å². The monoisotopic (exact) mass is 349 g/mol. The number of benzene rings is 2. The lowest BCUT2D eigenvalue weighted by molar-refractivity contribution is 0.335. The Kier molecular flexibility index (Phi) is 5.65. The molecule has 0 aliphatic carbocycles. The molecule has 3 nitrogen and oxygen atoms in total. The number of ether oxygens (including phenoxy) is 2. The van der Waals surface area contributed by atoms with Crippen molar-refractivity contribution in [2.45, 2.75) is 19.9 Å². The summed E-state index contributed by atoms with van der Waals surface area (Å²) in [5.74, 6) is 1.66. The van der Waals surface area contributed by atoms with Gasteiger partial charge in [0.2, 0.25) is 0 Å². The SMILES string of the molecule is CCOc1ccc(C(N)c2ccccc2OCC)cc1Br. The number of rotatable bonds is 6. The second-order valence-corrected chi connectivity index (χ2v) is 5.43. The molecule has 0 amide bonds. The van der Waals surface area contributed by atoms with Crippen LogP contribution < -0.4 is 15.2 Å². The second-order valence-electron chi connectivity index (χ2n) is 4.57. The van der Waals surface area contributed by atoms with Gasteiger partial charge in [0.15, 0.2) is 0 Å². The summed E-state index contributed by atoms with van der Waals surface area (Å²) < 4.78 is 12.1. The third-order valence-corrected chi connectivity index (χ3v) is 3.79. The van der Waals surface area contributed by atoms with Gasteiger partial charge in [-0.1, -0.05) is 24.3 Å². The zero-order valence-electron chi connectivity index (χ0n) is 12.3. The summed E-state index contributed by atoms with van der Waals surface area (Å²) >= 11 is 3.53. The molecule has 0 heterocycles. The van der Waals surface area contributed by atoms with Crippen LogP contribution in [-0.4, -0.2) is 13.2 Å². The molecule has 0 saturated heterocycles. The molecule has 0 aromatic heterocycles. The largest absolute Gasteiger partial charge is 0.494 e. The van der Waals surface area contributed by atoms with E-state index in [1.807, 2.05) is 56.3 Å².